The zero-order valence-electron chi connectivity index (χ0n) is 26.8. The standard InChI is InChI=1S/2C18H14F3.C2H6Si.2ClH.Zr/c2*1-2-12-9-13-6-4-8-16(17(13)10-12)14-5-3-7-15(11-14)18(19,20)21;1-3-2;;;/h2*3-11H,2H2,1H3;1-2H3;2*1H;/q2*-1;;;;+4/p-2. The molecule has 10 heteroatoms. The molecular weight excluding hydrogens is 761 g/mol. The fourth-order valence-corrected chi connectivity index (χ4v) is 5.23. The Bertz CT molecular complexity index is 1750. The fraction of sp³-hybridized carbons (Fsp3) is 0.211. The zero-order chi connectivity index (χ0) is 35.5. The van der Waals surface area contributed by atoms with Crippen LogP contribution in [0, 0.1) is 0 Å². The summed E-state index contributed by atoms with van der Waals surface area (Å²) >= 11 is -0.826. The average Bonchev–Trinajstić information content (AvgIpc) is 3.69. The van der Waals surface area contributed by atoms with E-state index in [4.69, 9.17) is 17.0 Å². The van der Waals surface area contributed by atoms with Gasteiger partial charge in [-0.05, 0) is 48.2 Å². The quantitative estimate of drug-likeness (QED) is 0.0947. The van der Waals surface area contributed by atoms with Gasteiger partial charge in [-0.3, -0.25) is 0 Å². The Morgan fingerprint density at radius 2 is 0.917 bits per heavy atom. The molecule has 0 saturated carbocycles. The normalized spacial score (nSPS) is 11.1. The van der Waals surface area contributed by atoms with Crippen LogP contribution in [0.15, 0.2) is 109 Å². The van der Waals surface area contributed by atoms with E-state index < -0.39 is 44.3 Å². The van der Waals surface area contributed by atoms with Gasteiger partial charge in [-0.25, -0.2) is 0 Å². The van der Waals surface area contributed by atoms with E-state index in [-0.39, 0.29) is 0 Å². The molecule has 6 aromatic rings. The predicted octanol–water partition coefficient (Wildman–Crippen LogP) is 13.8. The van der Waals surface area contributed by atoms with Crippen LogP contribution in [0.2, 0.25) is 13.1 Å². The van der Waals surface area contributed by atoms with Gasteiger partial charge in [0, 0.05) is 9.52 Å². The molecule has 0 amide bonds. The van der Waals surface area contributed by atoms with E-state index in [0.717, 1.165) is 67.2 Å². The summed E-state index contributed by atoms with van der Waals surface area (Å²) in [5.41, 5.74) is 4.07. The third-order valence-corrected chi connectivity index (χ3v) is 7.44. The van der Waals surface area contributed by atoms with Crippen molar-refractivity contribution in [1.82, 2.24) is 0 Å². The number of benzene rings is 4. The fourth-order valence-electron chi connectivity index (χ4n) is 5.23. The van der Waals surface area contributed by atoms with Crippen LogP contribution in [0.5, 0.6) is 0 Å². The number of alkyl halides is 6. The molecule has 0 atom stereocenters. The van der Waals surface area contributed by atoms with Gasteiger partial charge in [0.1, 0.15) is 0 Å². The summed E-state index contributed by atoms with van der Waals surface area (Å²) in [5.74, 6) is 0. The Hall–Kier alpha value is -2.64. The average molecular weight is 795 g/mol. The van der Waals surface area contributed by atoms with Gasteiger partial charge in [0.15, 0.2) is 0 Å². The van der Waals surface area contributed by atoms with Crippen LogP contribution in [0.4, 0.5) is 26.3 Å². The summed E-state index contributed by atoms with van der Waals surface area (Å²) in [5, 5.41) is 4.16. The minimum atomic E-state index is -4.31. The topological polar surface area (TPSA) is 0 Å². The van der Waals surface area contributed by atoms with E-state index in [2.05, 4.69) is 51.2 Å². The van der Waals surface area contributed by atoms with Crippen molar-refractivity contribution < 1.29 is 47.2 Å². The van der Waals surface area contributed by atoms with Crippen LogP contribution in [-0.2, 0) is 46.0 Å². The molecular formula is C38H34Cl2F6SiZr. The molecule has 0 aliphatic carbocycles. The van der Waals surface area contributed by atoms with Crippen molar-refractivity contribution in [2.75, 3.05) is 0 Å². The summed E-state index contributed by atoms with van der Waals surface area (Å²) in [6, 6.07) is 30.8. The van der Waals surface area contributed by atoms with Gasteiger partial charge in [-0.1, -0.05) is 74.5 Å². The van der Waals surface area contributed by atoms with E-state index in [0.29, 0.717) is 11.1 Å². The summed E-state index contributed by atoms with van der Waals surface area (Å²) in [6.07, 6.45) is -6.80. The number of fused-ring (bicyclic) bond motifs is 2. The second-order valence-corrected chi connectivity index (χ2v) is 15.5. The molecule has 0 heterocycles. The third kappa shape index (κ3) is 10.7. The van der Waals surface area contributed by atoms with Gasteiger partial charge in [0.05, 0.1) is 11.1 Å². The second-order valence-electron chi connectivity index (χ2n) is 10.8. The van der Waals surface area contributed by atoms with E-state index in [9.17, 15) is 26.3 Å². The van der Waals surface area contributed by atoms with Crippen LogP contribution in [0.3, 0.4) is 0 Å². The molecule has 0 spiro atoms. The molecule has 0 N–H and O–H groups in total. The summed E-state index contributed by atoms with van der Waals surface area (Å²) < 4.78 is 77.1. The van der Waals surface area contributed by atoms with Crippen molar-refractivity contribution >= 4 is 48.1 Å². The molecule has 0 fully saturated rings. The molecule has 48 heavy (non-hydrogen) atoms. The first-order chi connectivity index (χ1) is 22.8. The molecule has 0 saturated heterocycles. The summed E-state index contributed by atoms with van der Waals surface area (Å²) in [6.45, 7) is 8.44. The van der Waals surface area contributed by atoms with Crippen molar-refractivity contribution in [3.63, 3.8) is 0 Å². The van der Waals surface area contributed by atoms with Gasteiger partial charge in [0.2, 0.25) is 0 Å². The van der Waals surface area contributed by atoms with Gasteiger partial charge in [-0.15, -0.1) is 69.1 Å². The molecule has 0 aromatic heterocycles. The molecule has 6 aromatic carbocycles. The first-order valence-electron chi connectivity index (χ1n) is 15.1. The van der Waals surface area contributed by atoms with Crippen LogP contribution in [0.1, 0.15) is 36.1 Å². The Labute approximate surface area is 299 Å². The molecule has 250 valence electrons. The molecule has 0 aliphatic rings. The molecule has 6 rings (SSSR count). The van der Waals surface area contributed by atoms with Gasteiger partial charge < -0.3 is 0 Å². The number of halogens is 8. The van der Waals surface area contributed by atoms with Gasteiger partial charge >= 0.3 is 50.2 Å². The Morgan fingerprint density at radius 3 is 1.23 bits per heavy atom. The molecule has 0 bridgehead atoms. The Morgan fingerprint density at radius 1 is 0.583 bits per heavy atom. The summed E-state index contributed by atoms with van der Waals surface area (Å²) in [7, 11) is 11.0. The molecule has 0 nitrogen and oxygen atoms in total. The number of aryl methyl sites for hydroxylation is 2. The predicted molar refractivity (Wildman–Crippen MR) is 188 cm³/mol. The van der Waals surface area contributed by atoms with Gasteiger partial charge in [0.25, 0.3) is 0 Å². The Balaban J connectivity index is 0.000000224. The molecule has 2 radical (unpaired) electrons. The van der Waals surface area contributed by atoms with E-state index in [1.54, 1.807) is 12.1 Å². The number of hydrogen-bond acceptors (Lipinski definition) is 0. The maximum atomic E-state index is 12.9. The van der Waals surface area contributed by atoms with Crippen molar-refractivity contribution in [2.24, 2.45) is 0 Å². The zero-order valence-corrected chi connectivity index (χ0v) is 31.8. The van der Waals surface area contributed by atoms with Crippen LogP contribution in [0.25, 0.3) is 43.8 Å². The van der Waals surface area contributed by atoms with Crippen molar-refractivity contribution in [2.45, 2.75) is 52.1 Å². The van der Waals surface area contributed by atoms with E-state index in [1.807, 2.05) is 36.4 Å². The Kier molecular flexibility index (Phi) is 15.2. The molecule has 0 aliphatic heterocycles. The van der Waals surface area contributed by atoms with Crippen LogP contribution < -0.4 is 0 Å². The van der Waals surface area contributed by atoms with Crippen molar-refractivity contribution in [3.8, 4) is 22.3 Å². The minimum absolute atomic E-state index is 0.601. The van der Waals surface area contributed by atoms with Crippen LogP contribution >= 0.6 is 17.0 Å². The first kappa shape index (κ1) is 39.8. The third-order valence-electron chi connectivity index (χ3n) is 7.44. The number of hydrogen-bond donors (Lipinski definition) is 0. The van der Waals surface area contributed by atoms with E-state index >= 15 is 0 Å². The van der Waals surface area contributed by atoms with Crippen molar-refractivity contribution in [3.05, 3.63) is 131 Å². The second kappa shape index (κ2) is 18.4. The summed E-state index contributed by atoms with van der Waals surface area (Å²) in [4.78, 5) is 0. The van der Waals surface area contributed by atoms with Crippen LogP contribution in [-0.4, -0.2) is 9.52 Å². The first-order valence-corrected chi connectivity index (χ1v) is 23.4. The maximum absolute atomic E-state index is 12.9. The van der Waals surface area contributed by atoms with Gasteiger partial charge in [-0.2, -0.15) is 38.5 Å². The van der Waals surface area contributed by atoms with Crippen molar-refractivity contribution in [1.29, 1.82) is 0 Å². The SMILES string of the molecule is CCc1cc2c(-c3cccc(C(F)(F)F)c3)cccc2[cH-]1.CCc1cc2c(-c3cccc(C(F)(F)F)c3)cccc2[cH-]1.C[Si]C.[Cl][Zr+2][Cl]. The van der Waals surface area contributed by atoms with E-state index in [1.165, 1.54) is 35.4 Å². The molecule has 0 unspecified atom stereocenters. The number of rotatable bonds is 4. The monoisotopic (exact) mass is 792 g/mol.